The van der Waals surface area contributed by atoms with Crippen molar-refractivity contribution in [1.82, 2.24) is 24.7 Å². The Bertz CT molecular complexity index is 1320. The minimum absolute atomic E-state index is 0.105. The van der Waals surface area contributed by atoms with Crippen LogP contribution in [-0.4, -0.2) is 51.4 Å². The molecule has 0 aliphatic carbocycles. The molecule has 3 aromatic heterocycles. The first kappa shape index (κ1) is 22.3. The van der Waals surface area contributed by atoms with Crippen molar-refractivity contribution in [1.29, 1.82) is 5.26 Å². The second kappa shape index (κ2) is 10.1. The van der Waals surface area contributed by atoms with Crippen molar-refractivity contribution in [2.45, 2.75) is 6.54 Å². The van der Waals surface area contributed by atoms with Gasteiger partial charge in [0, 0.05) is 18.3 Å². The molecule has 0 spiro atoms. The number of nitriles is 1. The van der Waals surface area contributed by atoms with E-state index in [9.17, 15) is 4.79 Å². The van der Waals surface area contributed by atoms with Gasteiger partial charge in [-0.3, -0.25) is 9.48 Å². The lowest BCUT2D eigenvalue weighted by Crippen LogP contribution is -2.14. The summed E-state index contributed by atoms with van der Waals surface area (Å²) in [6.45, 7) is 0.947. The van der Waals surface area contributed by atoms with Crippen LogP contribution in [0.4, 0.5) is 11.6 Å². The van der Waals surface area contributed by atoms with Gasteiger partial charge in [0.25, 0.3) is 5.91 Å². The molecule has 3 heterocycles. The average molecular weight is 460 g/mol. The lowest BCUT2D eigenvalue weighted by atomic mass is 10.1. The highest BCUT2D eigenvalue weighted by Gasteiger charge is 2.19. The van der Waals surface area contributed by atoms with Crippen molar-refractivity contribution < 1.29 is 18.7 Å². The summed E-state index contributed by atoms with van der Waals surface area (Å²) < 4.78 is 17.3. The van der Waals surface area contributed by atoms with Crippen LogP contribution in [0.15, 0.2) is 53.5 Å². The van der Waals surface area contributed by atoms with E-state index in [1.165, 1.54) is 26.8 Å². The molecule has 12 heteroatoms. The molecular weight excluding hydrogens is 440 g/mol. The molecule has 0 aliphatic rings. The van der Waals surface area contributed by atoms with Crippen LogP contribution in [0.2, 0.25) is 0 Å². The maximum Gasteiger partial charge on any atom is 0.278 e. The van der Waals surface area contributed by atoms with E-state index in [0.717, 1.165) is 0 Å². The van der Waals surface area contributed by atoms with Gasteiger partial charge in [0.05, 0.1) is 50.3 Å². The highest BCUT2D eigenvalue weighted by molar-refractivity contribution is 6.06. The van der Waals surface area contributed by atoms with E-state index < -0.39 is 5.91 Å². The topological polar surface area (TPSA) is 153 Å². The van der Waals surface area contributed by atoms with Gasteiger partial charge >= 0.3 is 0 Å². The number of nitrogens with one attached hydrogen (secondary N) is 2. The fourth-order valence-corrected chi connectivity index (χ4v) is 3.06. The number of carbonyl (C=O) groups is 1. The quantitative estimate of drug-likeness (QED) is 0.381. The molecule has 0 unspecified atom stereocenters. The van der Waals surface area contributed by atoms with Crippen molar-refractivity contribution in [3.05, 3.63) is 60.4 Å². The van der Waals surface area contributed by atoms with Crippen molar-refractivity contribution in [3.63, 3.8) is 0 Å². The zero-order valence-corrected chi connectivity index (χ0v) is 18.3. The van der Waals surface area contributed by atoms with Gasteiger partial charge in [-0.05, 0) is 12.1 Å². The lowest BCUT2D eigenvalue weighted by Gasteiger charge is -2.08. The number of hydrogen-bond acceptors (Lipinski definition) is 10. The molecule has 0 aliphatic heterocycles. The number of rotatable bonds is 9. The number of amides is 1. The summed E-state index contributed by atoms with van der Waals surface area (Å²) in [6.07, 6.45) is 4.40. The Morgan fingerprint density at radius 3 is 2.74 bits per heavy atom. The van der Waals surface area contributed by atoms with Gasteiger partial charge < -0.3 is 24.5 Å². The molecule has 4 rings (SSSR count). The van der Waals surface area contributed by atoms with E-state index in [1.807, 2.05) is 0 Å². The first-order valence-electron chi connectivity index (χ1n) is 10.1. The minimum Gasteiger partial charge on any atom is -0.481 e. The van der Waals surface area contributed by atoms with Gasteiger partial charge in [0.15, 0.2) is 17.8 Å². The lowest BCUT2D eigenvalue weighted by molar-refractivity contribution is 0.102. The molecule has 1 aromatic carbocycles. The van der Waals surface area contributed by atoms with Gasteiger partial charge in [-0.25, -0.2) is 4.98 Å². The number of methoxy groups -OCH3 is 2. The van der Waals surface area contributed by atoms with Crippen LogP contribution < -0.4 is 20.1 Å². The first-order valence-corrected chi connectivity index (χ1v) is 10.1. The molecule has 172 valence electrons. The summed E-state index contributed by atoms with van der Waals surface area (Å²) in [4.78, 5) is 25.2. The van der Waals surface area contributed by atoms with E-state index in [1.54, 1.807) is 41.2 Å². The van der Waals surface area contributed by atoms with Crippen LogP contribution in [0, 0.1) is 11.3 Å². The van der Waals surface area contributed by atoms with E-state index in [0.29, 0.717) is 47.6 Å². The van der Waals surface area contributed by atoms with E-state index in [4.69, 9.17) is 19.2 Å². The van der Waals surface area contributed by atoms with Gasteiger partial charge in [-0.2, -0.15) is 20.3 Å². The molecule has 0 saturated heterocycles. The van der Waals surface area contributed by atoms with Crippen LogP contribution in [0.5, 0.6) is 11.8 Å². The smallest absolute Gasteiger partial charge is 0.278 e. The number of hydrogen-bond donors (Lipinski definition) is 2. The summed E-state index contributed by atoms with van der Waals surface area (Å²) in [7, 11) is 3.02. The van der Waals surface area contributed by atoms with Crippen molar-refractivity contribution >= 4 is 17.5 Å². The molecule has 4 aromatic rings. The summed E-state index contributed by atoms with van der Waals surface area (Å²) in [5.41, 5.74) is 1.63. The Labute approximate surface area is 194 Å². The second-order valence-electron chi connectivity index (χ2n) is 6.87. The number of oxazole rings is 1. The molecule has 2 N–H and O–H groups in total. The van der Waals surface area contributed by atoms with Gasteiger partial charge in [0.1, 0.15) is 0 Å². The Hall–Kier alpha value is -4.92. The zero-order valence-electron chi connectivity index (χ0n) is 18.3. The molecule has 0 fully saturated rings. The van der Waals surface area contributed by atoms with Crippen LogP contribution in [0.25, 0.3) is 11.3 Å². The van der Waals surface area contributed by atoms with Crippen LogP contribution in [0.1, 0.15) is 16.1 Å². The van der Waals surface area contributed by atoms with Crippen molar-refractivity contribution in [2.24, 2.45) is 0 Å². The number of benzene rings is 1. The summed E-state index contributed by atoms with van der Waals surface area (Å²) >= 11 is 0. The number of carbonyl (C=O) groups excluding carboxylic acids is 1. The van der Waals surface area contributed by atoms with Gasteiger partial charge in [-0.1, -0.05) is 12.1 Å². The highest BCUT2D eigenvalue weighted by Crippen LogP contribution is 2.25. The predicted molar refractivity (Wildman–Crippen MR) is 120 cm³/mol. The first-order chi connectivity index (χ1) is 16.6. The SMILES string of the molecule is COc1cc(OC)nc(NCCn2cc(NC(=O)c3ncoc3-c3cccc(C#N)c3)cn2)n1. The molecule has 0 bridgehead atoms. The fraction of sp³-hybridized carbons (Fsp3) is 0.182. The number of aromatic nitrogens is 5. The zero-order chi connectivity index (χ0) is 23.9. The Kier molecular flexibility index (Phi) is 6.64. The van der Waals surface area contributed by atoms with E-state index in [2.05, 4.69) is 36.8 Å². The van der Waals surface area contributed by atoms with Gasteiger partial charge in [0.2, 0.25) is 17.7 Å². The molecule has 34 heavy (non-hydrogen) atoms. The van der Waals surface area contributed by atoms with Crippen LogP contribution in [-0.2, 0) is 6.54 Å². The van der Waals surface area contributed by atoms with Crippen molar-refractivity contribution in [2.75, 3.05) is 31.4 Å². The monoisotopic (exact) mass is 460 g/mol. The third kappa shape index (κ3) is 5.10. The number of anilines is 2. The summed E-state index contributed by atoms with van der Waals surface area (Å²) in [6, 6.07) is 10.4. The standard InChI is InChI=1S/C22H20N8O4/c1-32-17-9-18(33-2)29-22(28-17)24-6-7-30-12-16(11-26-30)27-21(31)19-20(34-13-25-19)15-5-3-4-14(8-15)10-23/h3-5,8-9,11-13H,6-7H2,1-2H3,(H,27,31)(H,24,28,29). The molecule has 1 amide bonds. The fourth-order valence-electron chi connectivity index (χ4n) is 3.06. The Morgan fingerprint density at radius 2 is 2.00 bits per heavy atom. The molecule has 0 radical (unpaired) electrons. The largest absolute Gasteiger partial charge is 0.481 e. The molecular formula is C22H20N8O4. The molecule has 0 saturated carbocycles. The highest BCUT2D eigenvalue weighted by atomic mass is 16.5. The predicted octanol–water partition coefficient (Wildman–Crippen LogP) is 2.58. The average Bonchev–Trinajstić information content (AvgIpc) is 3.53. The maximum atomic E-state index is 12.8. The van der Waals surface area contributed by atoms with Crippen LogP contribution in [0.3, 0.4) is 0 Å². The number of ether oxygens (including phenoxy) is 2. The van der Waals surface area contributed by atoms with E-state index in [-0.39, 0.29) is 11.5 Å². The van der Waals surface area contributed by atoms with Crippen LogP contribution >= 0.6 is 0 Å². The molecule has 12 nitrogen and oxygen atoms in total. The van der Waals surface area contributed by atoms with Crippen molar-refractivity contribution in [3.8, 4) is 29.2 Å². The normalized spacial score (nSPS) is 10.4. The summed E-state index contributed by atoms with van der Waals surface area (Å²) in [5, 5.41) is 19.2. The Balaban J connectivity index is 1.37. The minimum atomic E-state index is -0.458. The summed E-state index contributed by atoms with van der Waals surface area (Å²) in [5.74, 6) is 0.937. The van der Waals surface area contributed by atoms with E-state index >= 15 is 0 Å². The third-order valence-corrected chi connectivity index (χ3v) is 4.65. The number of nitrogens with zero attached hydrogens (tertiary/aromatic N) is 6. The molecule has 0 atom stereocenters. The third-order valence-electron chi connectivity index (χ3n) is 4.65. The maximum absolute atomic E-state index is 12.8. The Morgan fingerprint density at radius 1 is 1.21 bits per heavy atom. The van der Waals surface area contributed by atoms with Gasteiger partial charge in [-0.15, -0.1) is 0 Å². The second-order valence-corrected chi connectivity index (χ2v) is 6.87.